The summed E-state index contributed by atoms with van der Waals surface area (Å²) in [6.07, 6.45) is 2.52. The average molecular weight is 387 g/mol. The van der Waals surface area contributed by atoms with Gasteiger partial charge < -0.3 is 9.15 Å². The molecule has 1 aromatic heterocycles. The largest absolute Gasteiger partial charge is 0.465 e. The molecule has 1 aromatic carbocycles. The smallest absolute Gasteiger partial charge is 0.338 e. The van der Waals surface area contributed by atoms with E-state index in [0.29, 0.717) is 38.4 Å². The third-order valence-corrected chi connectivity index (χ3v) is 5.20. The van der Waals surface area contributed by atoms with Crippen molar-refractivity contribution in [2.75, 3.05) is 13.7 Å². The SMILES string of the molecule is CCCN1C(=O)/C(=C\c2ccc(-c3ccccc3C(=O)OC)o2)SC1=S. The Kier molecular flexibility index (Phi) is 5.58. The second kappa shape index (κ2) is 7.88. The number of thioether (sulfide) groups is 1. The van der Waals surface area contributed by atoms with Crippen LogP contribution in [0, 0.1) is 0 Å². The van der Waals surface area contributed by atoms with Crippen molar-refractivity contribution in [3.8, 4) is 11.3 Å². The van der Waals surface area contributed by atoms with E-state index in [-0.39, 0.29) is 5.91 Å². The van der Waals surface area contributed by atoms with Gasteiger partial charge in [0.05, 0.1) is 17.6 Å². The maximum Gasteiger partial charge on any atom is 0.338 e. The molecule has 0 saturated carbocycles. The number of methoxy groups -OCH3 is 1. The van der Waals surface area contributed by atoms with E-state index >= 15 is 0 Å². The molecule has 1 fully saturated rings. The molecule has 3 rings (SSSR count). The van der Waals surface area contributed by atoms with Crippen LogP contribution in [-0.4, -0.2) is 34.8 Å². The monoisotopic (exact) mass is 387 g/mol. The summed E-state index contributed by atoms with van der Waals surface area (Å²) in [4.78, 5) is 26.5. The minimum absolute atomic E-state index is 0.102. The van der Waals surface area contributed by atoms with Crippen LogP contribution in [0.3, 0.4) is 0 Å². The highest BCUT2D eigenvalue weighted by Crippen LogP contribution is 2.34. The second-order valence-electron chi connectivity index (χ2n) is 5.57. The van der Waals surface area contributed by atoms with Crippen molar-refractivity contribution in [2.24, 2.45) is 0 Å². The fraction of sp³-hybridized carbons (Fsp3) is 0.211. The summed E-state index contributed by atoms with van der Waals surface area (Å²) in [5.41, 5.74) is 1.06. The van der Waals surface area contributed by atoms with Crippen LogP contribution in [0.15, 0.2) is 45.7 Å². The minimum atomic E-state index is -0.431. The highest BCUT2D eigenvalue weighted by Gasteiger charge is 2.31. The van der Waals surface area contributed by atoms with E-state index in [0.717, 1.165) is 6.42 Å². The van der Waals surface area contributed by atoms with Crippen LogP contribution in [0.5, 0.6) is 0 Å². The molecule has 0 aliphatic carbocycles. The summed E-state index contributed by atoms with van der Waals surface area (Å²) in [5, 5.41) is 0. The first-order valence-electron chi connectivity index (χ1n) is 8.08. The Morgan fingerprint density at radius 2 is 2.08 bits per heavy atom. The standard InChI is InChI=1S/C19H17NO4S2/c1-3-10-20-17(21)16(26-19(20)25)11-12-8-9-15(24-12)13-6-4-5-7-14(13)18(22)23-2/h4-9,11H,3,10H2,1-2H3/b16-11+. The van der Waals surface area contributed by atoms with E-state index in [4.69, 9.17) is 21.4 Å². The van der Waals surface area contributed by atoms with Crippen LogP contribution in [-0.2, 0) is 9.53 Å². The van der Waals surface area contributed by atoms with Gasteiger partial charge in [0.25, 0.3) is 5.91 Å². The lowest BCUT2D eigenvalue weighted by atomic mass is 10.1. The van der Waals surface area contributed by atoms with Crippen molar-refractivity contribution < 1.29 is 18.7 Å². The first-order valence-corrected chi connectivity index (χ1v) is 9.30. The lowest BCUT2D eigenvalue weighted by molar-refractivity contribution is -0.122. The van der Waals surface area contributed by atoms with E-state index < -0.39 is 5.97 Å². The Morgan fingerprint density at radius 3 is 2.81 bits per heavy atom. The number of hydrogen-bond acceptors (Lipinski definition) is 6. The van der Waals surface area contributed by atoms with E-state index in [9.17, 15) is 9.59 Å². The number of furan rings is 1. The predicted octanol–water partition coefficient (Wildman–Crippen LogP) is 4.34. The Labute approximate surface area is 161 Å². The van der Waals surface area contributed by atoms with E-state index in [1.165, 1.54) is 18.9 Å². The lowest BCUT2D eigenvalue weighted by Gasteiger charge is -2.11. The van der Waals surface area contributed by atoms with Gasteiger partial charge in [0.2, 0.25) is 0 Å². The van der Waals surface area contributed by atoms with Crippen molar-refractivity contribution >= 4 is 46.3 Å². The third-order valence-electron chi connectivity index (χ3n) is 3.82. The van der Waals surface area contributed by atoms with Crippen LogP contribution < -0.4 is 0 Å². The number of carbonyl (C=O) groups is 2. The Morgan fingerprint density at radius 1 is 1.31 bits per heavy atom. The molecule has 2 heterocycles. The molecule has 0 bridgehead atoms. The summed E-state index contributed by atoms with van der Waals surface area (Å²) < 4.78 is 11.2. The molecule has 0 radical (unpaired) electrons. The Bertz CT molecular complexity index is 900. The van der Waals surface area contributed by atoms with Gasteiger partial charge in [-0.05, 0) is 24.6 Å². The van der Waals surface area contributed by atoms with E-state index in [1.54, 1.807) is 41.3 Å². The van der Waals surface area contributed by atoms with Gasteiger partial charge in [-0.1, -0.05) is 49.1 Å². The molecule has 0 N–H and O–H groups in total. The zero-order valence-electron chi connectivity index (χ0n) is 14.4. The summed E-state index contributed by atoms with van der Waals surface area (Å²) in [7, 11) is 1.34. The molecule has 0 atom stereocenters. The number of rotatable bonds is 5. The molecule has 7 heteroatoms. The first-order chi connectivity index (χ1) is 12.5. The highest BCUT2D eigenvalue weighted by molar-refractivity contribution is 8.26. The van der Waals surface area contributed by atoms with Gasteiger partial charge >= 0.3 is 5.97 Å². The zero-order chi connectivity index (χ0) is 18.7. The third kappa shape index (κ3) is 3.59. The molecule has 1 amide bonds. The maximum absolute atomic E-state index is 12.4. The average Bonchev–Trinajstić information content (AvgIpc) is 3.22. The molecule has 1 saturated heterocycles. The van der Waals surface area contributed by atoms with Gasteiger partial charge in [-0.2, -0.15) is 0 Å². The van der Waals surface area contributed by atoms with Crippen LogP contribution in [0.2, 0.25) is 0 Å². The minimum Gasteiger partial charge on any atom is -0.465 e. The Hall–Kier alpha value is -2.38. The van der Waals surface area contributed by atoms with Gasteiger partial charge in [-0.15, -0.1) is 0 Å². The molecule has 2 aromatic rings. The fourth-order valence-corrected chi connectivity index (χ4v) is 3.90. The number of benzene rings is 1. The number of amides is 1. The normalized spacial score (nSPS) is 15.8. The lowest BCUT2D eigenvalue weighted by Crippen LogP contribution is -2.28. The van der Waals surface area contributed by atoms with E-state index in [2.05, 4.69) is 0 Å². The van der Waals surface area contributed by atoms with Gasteiger partial charge in [-0.3, -0.25) is 9.69 Å². The topological polar surface area (TPSA) is 59.8 Å². The quantitative estimate of drug-likeness (QED) is 0.432. The maximum atomic E-state index is 12.4. The van der Waals surface area contributed by atoms with Crippen LogP contribution in [0.25, 0.3) is 17.4 Å². The number of hydrogen-bond donors (Lipinski definition) is 0. The van der Waals surface area contributed by atoms with Crippen molar-refractivity contribution in [1.29, 1.82) is 0 Å². The van der Waals surface area contributed by atoms with Crippen LogP contribution in [0.4, 0.5) is 0 Å². The summed E-state index contributed by atoms with van der Waals surface area (Å²) in [6, 6.07) is 10.6. The first kappa shape index (κ1) is 18.4. The molecule has 1 aliphatic rings. The number of nitrogens with zero attached hydrogens (tertiary/aromatic N) is 1. The summed E-state index contributed by atoms with van der Waals surface area (Å²) in [5.74, 6) is 0.520. The van der Waals surface area contributed by atoms with Crippen molar-refractivity contribution in [1.82, 2.24) is 4.90 Å². The van der Waals surface area contributed by atoms with Crippen molar-refractivity contribution in [3.63, 3.8) is 0 Å². The fourth-order valence-electron chi connectivity index (χ4n) is 2.61. The van der Waals surface area contributed by atoms with Gasteiger partial charge in [0.1, 0.15) is 15.8 Å². The second-order valence-corrected chi connectivity index (χ2v) is 7.25. The molecule has 134 valence electrons. The molecular weight excluding hydrogens is 370 g/mol. The van der Waals surface area contributed by atoms with Gasteiger partial charge in [0.15, 0.2) is 0 Å². The highest BCUT2D eigenvalue weighted by atomic mass is 32.2. The van der Waals surface area contributed by atoms with Gasteiger partial charge in [0, 0.05) is 18.2 Å². The molecule has 1 aliphatic heterocycles. The number of carbonyl (C=O) groups excluding carboxylic acids is 2. The molecule has 26 heavy (non-hydrogen) atoms. The Balaban J connectivity index is 1.89. The number of thiocarbonyl (C=S) groups is 1. The zero-order valence-corrected chi connectivity index (χ0v) is 16.0. The van der Waals surface area contributed by atoms with Crippen LogP contribution in [0.1, 0.15) is 29.5 Å². The van der Waals surface area contributed by atoms with Gasteiger partial charge in [-0.25, -0.2) is 4.79 Å². The summed E-state index contributed by atoms with van der Waals surface area (Å²) in [6.45, 7) is 2.61. The predicted molar refractivity (Wildman–Crippen MR) is 106 cm³/mol. The molecule has 0 spiro atoms. The molecular formula is C19H17NO4S2. The number of ether oxygens (including phenoxy) is 1. The van der Waals surface area contributed by atoms with Crippen molar-refractivity contribution in [3.05, 3.63) is 52.6 Å². The van der Waals surface area contributed by atoms with Crippen LogP contribution >= 0.6 is 24.0 Å². The van der Waals surface area contributed by atoms with Crippen molar-refractivity contribution in [2.45, 2.75) is 13.3 Å². The van der Waals surface area contributed by atoms with E-state index in [1.807, 2.05) is 13.0 Å². The number of esters is 1. The summed E-state index contributed by atoms with van der Waals surface area (Å²) >= 11 is 6.53. The molecule has 0 unspecified atom stereocenters. The molecule has 5 nitrogen and oxygen atoms in total.